The summed E-state index contributed by atoms with van der Waals surface area (Å²) in [6, 6.07) is 18.8. The van der Waals surface area contributed by atoms with Crippen molar-refractivity contribution < 1.29 is 19.0 Å². The monoisotopic (exact) mass is 597 g/mol. The number of ether oxygens (including phenoxy) is 2. The van der Waals surface area contributed by atoms with Gasteiger partial charge in [0.15, 0.2) is 0 Å². The Hall–Kier alpha value is -3.96. The molecule has 0 spiro atoms. The summed E-state index contributed by atoms with van der Waals surface area (Å²) < 4.78 is 27.7. The summed E-state index contributed by atoms with van der Waals surface area (Å²) in [6.45, 7) is 4.39. The molecule has 4 aromatic rings. The number of likely N-dealkylation sites (tertiary alicyclic amines) is 1. The van der Waals surface area contributed by atoms with Gasteiger partial charge in [-0.05, 0) is 73.6 Å². The molecule has 1 N–H and O–H groups in total. The fourth-order valence-corrected chi connectivity index (χ4v) is 6.25. The number of piperidine rings is 1. The number of nitrogens with zero attached hydrogens (tertiary/aromatic N) is 3. The highest BCUT2D eigenvalue weighted by Crippen LogP contribution is 2.43. The zero-order valence-electron chi connectivity index (χ0n) is 24.0. The smallest absolute Gasteiger partial charge is 0.142 e. The second-order valence-electron chi connectivity index (χ2n) is 11.4. The van der Waals surface area contributed by atoms with Crippen LogP contribution in [0.2, 0.25) is 5.02 Å². The van der Waals surface area contributed by atoms with Crippen molar-refractivity contribution in [3.63, 3.8) is 0 Å². The van der Waals surface area contributed by atoms with Gasteiger partial charge in [-0.15, -0.1) is 0 Å². The molecule has 6 rings (SSSR count). The maximum atomic E-state index is 14.8. The molecule has 43 heavy (non-hydrogen) atoms. The van der Waals surface area contributed by atoms with Crippen molar-refractivity contribution in [2.75, 3.05) is 13.1 Å². The van der Waals surface area contributed by atoms with E-state index in [4.69, 9.17) is 21.1 Å². The fraction of sp³-hybridized carbons (Fsp3) is 0.314. The molecule has 1 atom stereocenters. The summed E-state index contributed by atoms with van der Waals surface area (Å²) in [4.78, 5) is 6.43. The number of hydrogen-bond acceptors (Lipinski definition) is 6. The largest absolute Gasteiger partial charge is 0.488 e. The molecule has 1 fully saturated rings. The van der Waals surface area contributed by atoms with E-state index in [0.717, 1.165) is 72.2 Å². The molecule has 0 amide bonds. The minimum Gasteiger partial charge on any atom is -0.488 e. The number of nitriles is 1. The van der Waals surface area contributed by atoms with Gasteiger partial charge in [-0.2, -0.15) is 5.26 Å². The van der Waals surface area contributed by atoms with Gasteiger partial charge in [0.2, 0.25) is 0 Å². The molecule has 1 saturated heterocycles. The Morgan fingerprint density at radius 3 is 2.70 bits per heavy atom. The van der Waals surface area contributed by atoms with Crippen molar-refractivity contribution in [1.82, 2.24) is 9.88 Å². The molecule has 220 valence electrons. The Bertz CT molecular complexity index is 1680. The average molecular weight is 598 g/mol. The van der Waals surface area contributed by atoms with E-state index in [9.17, 15) is 14.8 Å². The molecule has 0 saturated carbocycles. The van der Waals surface area contributed by atoms with Crippen molar-refractivity contribution in [2.24, 2.45) is 0 Å². The van der Waals surface area contributed by atoms with Gasteiger partial charge in [-0.1, -0.05) is 41.4 Å². The van der Waals surface area contributed by atoms with E-state index in [-0.39, 0.29) is 24.6 Å². The SMILES string of the molecule is Cc1ccc(F)c(-c2cccc3c2CC[C@@H]3Oc2cc(OCc3cncc(C#N)c3)c(CN3CCC(O)CC3)cc2Cl)c1. The molecule has 2 aliphatic rings. The number of aryl methyl sites for hydroxylation is 1. The first-order valence-corrected chi connectivity index (χ1v) is 15.0. The minimum absolute atomic E-state index is 0.229. The van der Waals surface area contributed by atoms with E-state index >= 15 is 0 Å². The van der Waals surface area contributed by atoms with Crippen molar-refractivity contribution in [2.45, 2.75) is 58.0 Å². The number of halogens is 2. The first-order chi connectivity index (χ1) is 20.9. The van der Waals surface area contributed by atoms with E-state index in [1.807, 2.05) is 43.3 Å². The summed E-state index contributed by atoms with van der Waals surface area (Å²) in [5.41, 5.74) is 6.82. The molecule has 1 aliphatic carbocycles. The predicted molar refractivity (Wildman–Crippen MR) is 164 cm³/mol. The van der Waals surface area contributed by atoms with Gasteiger partial charge < -0.3 is 14.6 Å². The first-order valence-electron chi connectivity index (χ1n) is 14.6. The first kappa shape index (κ1) is 29.1. The summed E-state index contributed by atoms with van der Waals surface area (Å²) in [5, 5.41) is 19.7. The van der Waals surface area contributed by atoms with Crippen LogP contribution < -0.4 is 9.47 Å². The molecule has 0 radical (unpaired) electrons. The molecule has 0 bridgehead atoms. The van der Waals surface area contributed by atoms with Crippen LogP contribution in [0.3, 0.4) is 0 Å². The molecule has 6 nitrogen and oxygen atoms in total. The maximum absolute atomic E-state index is 14.8. The highest BCUT2D eigenvalue weighted by Gasteiger charge is 2.29. The highest BCUT2D eigenvalue weighted by molar-refractivity contribution is 6.32. The highest BCUT2D eigenvalue weighted by atomic mass is 35.5. The summed E-state index contributed by atoms with van der Waals surface area (Å²) in [7, 11) is 0. The van der Waals surface area contributed by atoms with Crippen LogP contribution in [0.4, 0.5) is 4.39 Å². The van der Waals surface area contributed by atoms with Crippen LogP contribution in [-0.2, 0) is 19.6 Å². The van der Waals surface area contributed by atoms with Gasteiger partial charge in [0.05, 0.1) is 16.7 Å². The van der Waals surface area contributed by atoms with Crippen LogP contribution in [0.1, 0.15) is 58.7 Å². The Kier molecular flexibility index (Phi) is 8.62. The van der Waals surface area contributed by atoms with Gasteiger partial charge in [0.25, 0.3) is 0 Å². The molecule has 3 aromatic carbocycles. The summed E-state index contributed by atoms with van der Waals surface area (Å²) >= 11 is 6.84. The molecule has 1 aromatic heterocycles. The quantitative estimate of drug-likeness (QED) is 0.229. The molecular weight excluding hydrogens is 565 g/mol. The van der Waals surface area contributed by atoms with Crippen molar-refractivity contribution in [3.05, 3.63) is 111 Å². The van der Waals surface area contributed by atoms with E-state index < -0.39 is 0 Å². The summed E-state index contributed by atoms with van der Waals surface area (Å²) in [6.07, 6.45) is 5.68. The van der Waals surface area contributed by atoms with Crippen LogP contribution in [0.5, 0.6) is 11.5 Å². The fourth-order valence-electron chi connectivity index (χ4n) is 6.02. The van der Waals surface area contributed by atoms with Crippen molar-refractivity contribution in [3.8, 4) is 28.7 Å². The molecule has 2 heterocycles. The lowest BCUT2D eigenvalue weighted by atomic mass is 9.95. The minimum atomic E-state index is -0.261. The number of benzene rings is 3. The second-order valence-corrected chi connectivity index (χ2v) is 11.8. The Labute approximate surface area is 256 Å². The number of rotatable bonds is 8. The lowest BCUT2D eigenvalue weighted by Crippen LogP contribution is -2.35. The van der Waals surface area contributed by atoms with Crippen LogP contribution in [-0.4, -0.2) is 34.2 Å². The van der Waals surface area contributed by atoms with Crippen LogP contribution >= 0.6 is 11.6 Å². The van der Waals surface area contributed by atoms with Gasteiger partial charge in [-0.25, -0.2) is 4.39 Å². The number of fused-ring (bicyclic) bond motifs is 1. The second kappa shape index (κ2) is 12.7. The third-order valence-electron chi connectivity index (χ3n) is 8.28. The number of pyridine rings is 1. The standard InChI is InChI=1S/C35H33ClFN3O3/c1-22-5-7-32(37)30(13-22)27-3-2-4-29-28(27)6-8-33(29)43-35-16-34(42-21-24-14-23(17-38)18-39-19-24)25(15-31(35)36)20-40-11-9-26(41)10-12-40/h2-5,7,13-16,18-19,26,33,41H,6,8-12,20-21H2,1H3/t33-/m0/s1. The van der Waals surface area contributed by atoms with E-state index in [1.54, 1.807) is 18.3 Å². The third-order valence-corrected chi connectivity index (χ3v) is 8.58. The number of aromatic nitrogens is 1. The maximum Gasteiger partial charge on any atom is 0.142 e. The lowest BCUT2D eigenvalue weighted by Gasteiger charge is -2.30. The number of aliphatic hydroxyl groups is 1. The molecule has 0 unspecified atom stereocenters. The average Bonchev–Trinajstić information content (AvgIpc) is 3.43. The Balaban J connectivity index is 1.28. The molecular formula is C35H33ClFN3O3. The number of aliphatic hydroxyl groups excluding tert-OH is 1. The van der Waals surface area contributed by atoms with Gasteiger partial charge >= 0.3 is 0 Å². The normalized spacial score (nSPS) is 17.0. The predicted octanol–water partition coefficient (Wildman–Crippen LogP) is 7.32. The van der Waals surface area contributed by atoms with Gasteiger partial charge in [-0.3, -0.25) is 9.88 Å². The molecule has 1 aliphatic heterocycles. The van der Waals surface area contributed by atoms with Gasteiger partial charge in [0, 0.05) is 54.8 Å². The zero-order valence-corrected chi connectivity index (χ0v) is 24.8. The Morgan fingerprint density at radius 2 is 1.88 bits per heavy atom. The van der Waals surface area contributed by atoms with Crippen molar-refractivity contribution in [1.29, 1.82) is 5.26 Å². The molecule has 8 heteroatoms. The van der Waals surface area contributed by atoms with Crippen molar-refractivity contribution >= 4 is 11.6 Å². The van der Waals surface area contributed by atoms with E-state index in [2.05, 4.69) is 16.0 Å². The van der Waals surface area contributed by atoms with Gasteiger partial charge in [0.1, 0.15) is 36.1 Å². The van der Waals surface area contributed by atoms with E-state index in [1.165, 1.54) is 12.3 Å². The Morgan fingerprint density at radius 1 is 1.05 bits per heavy atom. The third kappa shape index (κ3) is 6.52. The van der Waals surface area contributed by atoms with E-state index in [0.29, 0.717) is 34.2 Å². The van der Waals surface area contributed by atoms with Crippen LogP contribution in [0.15, 0.2) is 67.0 Å². The summed E-state index contributed by atoms with van der Waals surface area (Å²) in [5.74, 6) is 0.924. The zero-order chi connectivity index (χ0) is 29.9. The van der Waals surface area contributed by atoms with Crippen LogP contribution in [0.25, 0.3) is 11.1 Å². The number of hydrogen-bond donors (Lipinski definition) is 1. The topological polar surface area (TPSA) is 78.6 Å². The lowest BCUT2D eigenvalue weighted by molar-refractivity contribution is 0.0787. The van der Waals surface area contributed by atoms with Crippen LogP contribution in [0, 0.1) is 24.1 Å².